The molecule has 0 amide bonds. The van der Waals surface area contributed by atoms with Crippen LogP contribution in [0.25, 0.3) is 0 Å². The number of nitrogens with one attached hydrogen (secondary N) is 1. The molecular weight excluding hydrogens is 297 g/mol. The van der Waals surface area contributed by atoms with E-state index in [-0.39, 0.29) is 0 Å². The van der Waals surface area contributed by atoms with E-state index in [1.807, 2.05) is 0 Å². The van der Waals surface area contributed by atoms with Crippen molar-refractivity contribution in [1.82, 2.24) is 5.32 Å². The lowest BCUT2D eigenvalue weighted by atomic mass is 9.52. The van der Waals surface area contributed by atoms with Crippen LogP contribution in [0, 0.1) is 29.6 Å². The summed E-state index contributed by atoms with van der Waals surface area (Å²) in [6, 6.07) is 6.50. The summed E-state index contributed by atoms with van der Waals surface area (Å²) in [5, 5.41) is 3.73. The van der Waals surface area contributed by atoms with Gasteiger partial charge in [0.25, 0.3) is 0 Å². The van der Waals surface area contributed by atoms with Crippen molar-refractivity contribution in [3.8, 4) is 0 Å². The van der Waals surface area contributed by atoms with E-state index in [1.165, 1.54) is 49.8 Å². The molecule has 1 aromatic carbocycles. The number of rotatable bonds is 4. The second kappa shape index (κ2) is 6.12. The van der Waals surface area contributed by atoms with Crippen molar-refractivity contribution in [2.45, 2.75) is 64.1 Å². The lowest BCUT2D eigenvalue weighted by Crippen LogP contribution is -2.48. The van der Waals surface area contributed by atoms with Crippen molar-refractivity contribution in [3.05, 3.63) is 34.9 Å². The Hall–Kier alpha value is -0.890. The topological polar surface area (TPSA) is 12.0 Å². The molecule has 1 nitrogen and oxygen atoms in total. The number of fused-ring (bicyclic) bond motifs is 1. The summed E-state index contributed by atoms with van der Waals surface area (Å²) in [4.78, 5) is 0. The Bertz CT molecular complexity index is 582. The molecule has 0 heterocycles. The quantitative estimate of drug-likeness (QED) is 0.802. The van der Waals surface area contributed by atoms with E-state index in [4.69, 9.17) is 0 Å². The first-order valence-corrected chi connectivity index (χ1v) is 10.2. The third kappa shape index (κ3) is 2.71. The molecule has 6 rings (SSSR count). The lowest BCUT2D eigenvalue weighted by molar-refractivity contribution is -0.0355. The molecule has 1 atom stereocenters. The summed E-state index contributed by atoms with van der Waals surface area (Å²) >= 11 is 0. The first-order valence-electron chi connectivity index (χ1n) is 10.2. The highest BCUT2D eigenvalue weighted by Gasteiger charge is 2.47. The summed E-state index contributed by atoms with van der Waals surface area (Å²) in [5.41, 5.74) is 3.47. The minimum Gasteiger partial charge on any atom is -0.312 e. The molecular formula is C22H30FN. The van der Waals surface area contributed by atoms with Gasteiger partial charge in [-0.05, 0) is 104 Å². The van der Waals surface area contributed by atoms with E-state index in [0.29, 0.717) is 6.42 Å². The summed E-state index contributed by atoms with van der Waals surface area (Å²) in [6.45, 7) is 2.08. The molecule has 4 saturated carbocycles. The minimum atomic E-state index is -0.738. The number of hydrogen-bond donors (Lipinski definition) is 1. The van der Waals surface area contributed by atoms with Gasteiger partial charge in [-0.3, -0.25) is 0 Å². The van der Waals surface area contributed by atoms with Gasteiger partial charge in [0.1, 0.15) is 6.17 Å². The van der Waals surface area contributed by atoms with Crippen LogP contribution in [0.15, 0.2) is 18.2 Å². The highest BCUT2D eigenvalue weighted by Crippen LogP contribution is 2.56. The highest BCUT2D eigenvalue weighted by atomic mass is 19.1. The third-order valence-corrected chi connectivity index (χ3v) is 7.58. The van der Waals surface area contributed by atoms with Crippen LogP contribution in [0.1, 0.15) is 67.8 Å². The Morgan fingerprint density at radius 3 is 2.50 bits per heavy atom. The predicted octanol–water partition coefficient (Wildman–Crippen LogP) is 5.20. The maximum atomic E-state index is 14.1. The molecule has 0 spiro atoms. The first-order chi connectivity index (χ1) is 11.8. The van der Waals surface area contributed by atoms with Crippen LogP contribution in [0.2, 0.25) is 0 Å². The number of halogens is 1. The fraction of sp³-hybridized carbons (Fsp3) is 0.727. The molecule has 0 aromatic heterocycles. The number of alkyl halides is 1. The van der Waals surface area contributed by atoms with Crippen LogP contribution < -0.4 is 5.32 Å². The maximum absolute atomic E-state index is 14.1. The van der Waals surface area contributed by atoms with Gasteiger partial charge in [-0.25, -0.2) is 4.39 Å². The van der Waals surface area contributed by atoms with Crippen molar-refractivity contribution < 1.29 is 4.39 Å². The van der Waals surface area contributed by atoms with Crippen LogP contribution in [0.5, 0.6) is 0 Å². The second-order valence-electron chi connectivity index (χ2n) is 9.12. The smallest absolute Gasteiger partial charge is 0.125 e. The number of hydrogen-bond acceptors (Lipinski definition) is 1. The van der Waals surface area contributed by atoms with Crippen LogP contribution >= 0.6 is 0 Å². The normalized spacial score (nSPS) is 39.9. The molecule has 0 aliphatic heterocycles. The van der Waals surface area contributed by atoms with Crippen LogP contribution in [-0.4, -0.2) is 6.54 Å². The van der Waals surface area contributed by atoms with Crippen LogP contribution in [-0.2, 0) is 13.0 Å². The molecule has 5 aliphatic carbocycles. The Morgan fingerprint density at radius 2 is 1.75 bits per heavy atom. The average Bonchev–Trinajstić information content (AvgIpc) is 2.57. The van der Waals surface area contributed by atoms with E-state index in [2.05, 4.69) is 23.5 Å². The van der Waals surface area contributed by atoms with Crippen molar-refractivity contribution >= 4 is 0 Å². The molecule has 0 radical (unpaired) electrons. The molecule has 4 bridgehead atoms. The van der Waals surface area contributed by atoms with E-state index >= 15 is 0 Å². The van der Waals surface area contributed by atoms with E-state index in [0.717, 1.165) is 54.5 Å². The van der Waals surface area contributed by atoms with E-state index in [9.17, 15) is 4.39 Å². The van der Waals surface area contributed by atoms with E-state index in [1.54, 1.807) is 0 Å². The molecule has 4 fully saturated rings. The van der Waals surface area contributed by atoms with Crippen molar-refractivity contribution in [1.29, 1.82) is 0 Å². The molecule has 130 valence electrons. The molecule has 0 saturated heterocycles. The SMILES string of the molecule is FC1CCCc2ccc(CNCC3C4CC5CC(C4)CC3C5)cc21. The Balaban J connectivity index is 1.20. The van der Waals surface area contributed by atoms with Crippen molar-refractivity contribution in [2.24, 2.45) is 29.6 Å². The summed E-state index contributed by atoms with van der Waals surface area (Å²) in [7, 11) is 0. The van der Waals surface area contributed by atoms with Gasteiger partial charge in [0.2, 0.25) is 0 Å². The zero-order valence-corrected chi connectivity index (χ0v) is 14.6. The average molecular weight is 327 g/mol. The van der Waals surface area contributed by atoms with E-state index < -0.39 is 6.17 Å². The highest BCUT2D eigenvalue weighted by molar-refractivity contribution is 5.35. The zero-order valence-electron chi connectivity index (χ0n) is 14.6. The van der Waals surface area contributed by atoms with Crippen molar-refractivity contribution in [2.75, 3.05) is 6.54 Å². The zero-order chi connectivity index (χ0) is 16.1. The van der Waals surface area contributed by atoms with Gasteiger partial charge in [0.15, 0.2) is 0 Å². The first kappa shape index (κ1) is 15.4. The second-order valence-corrected chi connectivity index (χ2v) is 9.12. The number of aryl methyl sites for hydroxylation is 1. The standard InChI is InChI=1S/C22H30FN/c23-22-3-1-2-17-5-4-14(11-20(17)22)12-24-13-21-18-7-15-6-16(9-18)10-19(21)8-15/h4-5,11,15-16,18-19,21-22,24H,1-3,6-10,12-13H2. The van der Waals surface area contributed by atoms with Crippen molar-refractivity contribution in [3.63, 3.8) is 0 Å². The fourth-order valence-electron chi connectivity index (χ4n) is 6.66. The molecule has 5 aliphatic rings. The van der Waals surface area contributed by atoms with Gasteiger partial charge in [0.05, 0.1) is 0 Å². The van der Waals surface area contributed by atoms with Gasteiger partial charge >= 0.3 is 0 Å². The van der Waals surface area contributed by atoms with Gasteiger partial charge in [0, 0.05) is 6.54 Å². The van der Waals surface area contributed by atoms with Crippen LogP contribution in [0.3, 0.4) is 0 Å². The maximum Gasteiger partial charge on any atom is 0.125 e. The lowest BCUT2D eigenvalue weighted by Gasteiger charge is -2.54. The van der Waals surface area contributed by atoms with Crippen LogP contribution in [0.4, 0.5) is 4.39 Å². The molecule has 1 aromatic rings. The molecule has 1 N–H and O–H groups in total. The largest absolute Gasteiger partial charge is 0.312 e. The monoisotopic (exact) mass is 327 g/mol. The fourth-order valence-corrected chi connectivity index (χ4v) is 6.66. The summed E-state index contributed by atoms with van der Waals surface area (Å²) < 4.78 is 14.1. The summed E-state index contributed by atoms with van der Waals surface area (Å²) in [5.74, 6) is 5.01. The summed E-state index contributed by atoms with van der Waals surface area (Å²) in [6.07, 6.45) is 9.56. The molecule has 2 heteroatoms. The Labute approximate surface area is 145 Å². The van der Waals surface area contributed by atoms with Gasteiger partial charge in [-0.15, -0.1) is 0 Å². The third-order valence-electron chi connectivity index (χ3n) is 7.58. The molecule has 24 heavy (non-hydrogen) atoms. The Morgan fingerprint density at radius 1 is 1.00 bits per heavy atom. The van der Waals surface area contributed by atoms with Gasteiger partial charge in [-0.2, -0.15) is 0 Å². The number of benzene rings is 1. The predicted molar refractivity (Wildman–Crippen MR) is 95.5 cm³/mol. The van der Waals surface area contributed by atoms with Gasteiger partial charge in [-0.1, -0.05) is 18.2 Å². The molecule has 1 unspecified atom stereocenters. The Kier molecular flexibility index (Phi) is 3.92. The van der Waals surface area contributed by atoms with Gasteiger partial charge < -0.3 is 5.32 Å². The minimum absolute atomic E-state index is 0.706.